The van der Waals surface area contributed by atoms with Crippen LogP contribution in [0.2, 0.25) is 0 Å². The summed E-state index contributed by atoms with van der Waals surface area (Å²) in [5.74, 6) is 0.557. The number of nitrogens with zero attached hydrogens (tertiary/aromatic N) is 2. The molecular formula is C20H24N4O3. The number of piperidine rings is 3. The third kappa shape index (κ3) is 3.47. The van der Waals surface area contributed by atoms with E-state index in [1.807, 2.05) is 18.2 Å². The van der Waals surface area contributed by atoms with Gasteiger partial charge in [-0.3, -0.25) is 14.5 Å². The normalized spacial score (nSPS) is 26.6. The van der Waals surface area contributed by atoms with Crippen LogP contribution in [0.5, 0.6) is 0 Å². The summed E-state index contributed by atoms with van der Waals surface area (Å²) in [6.07, 6.45) is 3.77. The van der Waals surface area contributed by atoms with Crippen LogP contribution in [0.4, 0.5) is 5.69 Å². The first-order valence-electron chi connectivity index (χ1n) is 9.40. The molecule has 0 saturated carbocycles. The van der Waals surface area contributed by atoms with Crippen molar-refractivity contribution in [1.29, 1.82) is 0 Å². The maximum atomic E-state index is 12.7. The Morgan fingerprint density at radius 1 is 1.22 bits per heavy atom. The summed E-state index contributed by atoms with van der Waals surface area (Å²) in [6, 6.07) is 7.74. The molecule has 2 N–H and O–H groups in total. The van der Waals surface area contributed by atoms with Gasteiger partial charge in [0.15, 0.2) is 5.76 Å². The molecule has 2 bridgehead atoms. The monoisotopic (exact) mass is 368 g/mol. The highest BCUT2D eigenvalue weighted by Gasteiger charge is 2.40. The van der Waals surface area contributed by atoms with Crippen molar-refractivity contribution in [3.8, 4) is 11.3 Å². The van der Waals surface area contributed by atoms with Crippen LogP contribution in [0.15, 0.2) is 34.9 Å². The summed E-state index contributed by atoms with van der Waals surface area (Å²) in [7, 11) is 0. The lowest BCUT2D eigenvalue weighted by Crippen LogP contribution is -2.62. The van der Waals surface area contributed by atoms with Gasteiger partial charge in [-0.15, -0.1) is 0 Å². The Kier molecular flexibility index (Phi) is 4.70. The van der Waals surface area contributed by atoms with Crippen molar-refractivity contribution < 1.29 is 14.0 Å². The van der Waals surface area contributed by atoms with Gasteiger partial charge in [0.05, 0.1) is 11.9 Å². The average molecular weight is 368 g/mol. The fraction of sp³-hybridized carbons (Fsp3) is 0.450. The number of hydrogen-bond donors (Lipinski definition) is 2. The number of carbonyl (C=O) groups is 2. The molecule has 1 aromatic heterocycles. The van der Waals surface area contributed by atoms with E-state index in [1.165, 1.54) is 13.1 Å². The van der Waals surface area contributed by atoms with E-state index in [2.05, 4.69) is 27.4 Å². The lowest BCUT2D eigenvalue weighted by atomic mass is 9.79. The minimum Gasteiger partial charge on any atom is -0.432 e. The molecule has 2 aromatic rings. The van der Waals surface area contributed by atoms with Crippen LogP contribution < -0.4 is 10.6 Å². The van der Waals surface area contributed by atoms with Crippen LogP contribution in [0, 0.1) is 5.92 Å². The molecule has 142 valence electrons. The number of para-hydroxylation sites is 1. The summed E-state index contributed by atoms with van der Waals surface area (Å²) in [6.45, 7) is 5.84. The molecule has 7 heteroatoms. The summed E-state index contributed by atoms with van der Waals surface area (Å²) in [5, 5.41) is 5.89. The highest BCUT2D eigenvalue weighted by atomic mass is 16.4. The van der Waals surface area contributed by atoms with E-state index < -0.39 is 0 Å². The first-order chi connectivity index (χ1) is 13.0. The molecule has 3 aliphatic rings. The quantitative estimate of drug-likeness (QED) is 0.866. The van der Waals surface area contributed by atoms with E-state index in [0.29, 0.717) is 29.0 Å². The molecule has 5 rings (SSSR count). The Morgan fingerprint density at radius 2 is 1.96 bits per heavy atom. The molecule has 3 fully saturated rings. The molecule has 27 heavy (non-hydrogen) atoms. The van der Waals surface area contributed by atoms with Crippen LogP contribution in [-0.2, 0) is 4.79 Å². The maximum absolute atomic E-state index is 12.7. The zero-order valence-corrected chi connectivity index (χ0v) is 15.6. The summed E-state index contributed by atoms with van der Waals surface area (Å²) < 4.78 is 5.72. The van der Waals surface area contributed by atoms with Crippen LogP contribution in [-0.4, -0.2) is 46.9 Å². The first kappa shape index (κ1) is 17.7. The highest BCUT2D eigenvalue weighted by Crippen LogP contribution is 2.32. The van der Waals surface area contributed by atoms with E-state index in [0.717, 1.165) is 25.9 Å². The van der Waals surface area contributed by atoms with Crippen molar-refractivity contribution in [2.24, 2.45) is 5.92 Å². The molecule has 2 atom stereocenters. The molecule has 0 spiro atoms. The second-order valence-electron chi connectivity index (χ2n) is 7.37. The van der Waals surface area contributed by atoms with Gasteiger partial charge in [0.1, 0.15) is 0 Å². The predicted octanol–water partition coefficient (Wildman–Crippen LogP) is 2.51. The van der Waals surface area contributed by atoms with Gasteiger partial charge in [-0.25, -0.2) is 4.98 Å². The molecule has 0 unspecified atom stereocenters. The molecule has 3 saturated heterocycles. The number of oxazole rings is 1. The van der Waals surface area contributed by atoms with Crippen LogP contribution in [0.1, 0.15) is 37.4 Å². The van der Waals surface area contributed by atoms with Crippen molar-refractivity contribution in [3.05, 3.63) is 36.4 Å². The molecule has 0 radical (unpaired) electrons. The number of benzene rings is 1. The maximum Gasteiger partial charge on any atom is 0.307 e. The highest BCUT2D eigenvalue weighted by molar-refractivity contribution is 5.94. The summed E-state index contributed by atoms with van der Waals surface area (Å²) in [5.41, 5.74) is 1.31. The van der Waals surface area contributed by atoms with Crippen molar-refractivity contribution in [1.82, 2.24) is 15.2 Å². The Hall–Kier alpha value is -2.67. The predicted molar refractivity (Wildman–Crippen MR) is 101 cm³/mol. The Balaban J connectivity index is 1.51. The minimum atomic E-state index is -0.288. The number of hydrogen-bond acceptors (Lipinski definition) is 5. The van der Waals surface area contributed by atoms with Gasteiger partial charge in [-0.1, -0.05) is 12.1 Å². The minimum absolute atomic E-state index is 0.0475. The Labute approximate surface area is 158 Å². The van der Waals surface area contributed by atoms with E-state index in [1.54, 1.807) is 6.07 Å². The molecule has 3 aliphatic heterocycles. The molecule has 7 nitrogen and oxygen atoms in total. The zero-order chi connectivity index (χ0) is 19.0. The smallest absolute Gasteiger partial charge is 0.307 e. The summed E-state index contributed by atoms with van der Waals surface area (Å²) in [4.78, 5) is 30.7. The SMILES string of the molecule is CC(=O)Nc1ccccc1-c1cnc(C(=O)N[C@@H]2C3CCN(CC3)[C@@H]2C)o1. The number of nitrogens with one attached hydrogen (secondary N) is 2. The number of carbonyl (C=O) groups excluding carboxylic acids is 2. The third-order valence-corrected chi connectivity index (χ3v) is 5.68. The van der Waals surface area contributed by atoms with Gasteiger partial charge in [0.2, 0.25) is 5.91 Å². The summed E-state index contributed by atoms with van der Waals surface area (Å²) >= 11 is 0. The van der Waals surface area contributed by atoms with E-state index in [4.69, 9.17) is 4.42 Å². The molecule has 0 aliphatic carbocycles. The fourth-order valence-corrected chi connectivity index (χ4v) is 4.26. The topological polar surface area (TPSA) is 87.5 Å². The molecule has 1 aromatic carbocycles. The van der Waals surface area contributed by atoms with Crippen molar-refractivity contribution in [2.45, 2.75) is 38.8 Å². The number of rotatable bonds is 4. The number of amides is 2. The van der Waals surface area contributed by atoms with Gasteiger partial charge in [-0.2, -0.15) is 0 Å². The van der Waals surface area contributed by atoms with E-state index in [9.17, 15) is 9.59 Å². The second kappa shape index (κ2) is 7.15. The van der Waals surface area contributed by atoms with Gasteiger partial charge < -0.3 is 15.1 Å². The standard InChI is InChI=1S/C20H24N4O3/c1-12-18(14-7-9-24(12)10-8-14)23-19(26)20-21-11-17(27-20)15-5-3-4-6-16(15)22-13(2)25/h3-6,11-12,14,18H,7-10H2,1-2H3,(H,22,25)(H,23,26)/t12-,18+/m1/s1. The van der Waals surface area contributed by atoms with Crippen molar-refractivity contribution in [3.63, 3.8) is 0 Å². The first-order valence-corrected chi connectivity index (χ1v) is 9.40. The largest absolute Gasteiger partial charge is 0.432 e. The Bertz CT molecular complexity index is 852. The van der Waals surface area contributed by atoms with Gasteiger partial charge >= 0.3 is 5.91 Å². The van der Waals surface area contributed by atoms with Crippen molar-refractivity contribution >= 4 is 17.5 Å². The van der Waals surface area contributed by atoms with E-state index >= 15 is 0 Å². The number of anilines is 1. The van der Waals surface area contributed by atoms with Gasteiger partial charge in [0.25, 0.3) is 5.89 Å². The average Bonchev–Trinajstić information content (AvgIpc) is 3.15. The zero-order valence-electron chi connectivity index (χ0n) is 15.6. The van der Waals surface area contributed by atoms with Crippen LogP contribution in [0.25, 0.3) is 11.3 Å². The third-order valence-electron chi connectivity index (χ3n) is 5.68. The number of aromatic nitrogens is 1. The van der Waals surface area contributed by atoms with Gasteiger partial charge in [-0.05, 0) is 50.9 Å². The second-order valence-corrected chi connectivity index (χ2v) is 7.37. The Morgan fingerprint density at radius 3 is 2.67 bits per heavy atom. The van der Waals surface area contributed by atoms with E-state index in [-0.39, 0.29) is 23.7 Å². The van der Waals surface area contributed by atoms with Crippen LogP contribution >= 0.6 is 0 Å². The van der Waals surface area contributed by atoms with Crippen molar-refractivity contribution in [2.75, 3.05) is 18.4 Å². The van der Waals surface area contributed by atoms with Gasteiger partial charge in [0, 0.05) is 24.6 Å². The molecule has 2 amide bonds. The van der Waals surface area contributed by atoms with Crippen LogP contribution in [0.3, 0.4) is 0 Å². The fourth-order valence-electron chi connectivity index (χ4n) is 4.26. The lowest BCUT2D eigenvalue weighted by molar-refractivity contribution is -0.114. The molecular weight excluding hydrogens is 344 g/mol. The number of fused-ring (bicyclic) bond motifs is 3. The lowest BCUT2D eigenvalue weighted by Gasteiger charge is -2.49. The molecule has 4 heterocycles.